The summed E-state index contributed by atoms with van der Waals surface area (Å²) in [6.07, 6.45) is 4.53. The van der Waals surface area contributed by atoms with E-state index in [9.17, 15) is 4.79 Å². The molecule has 0 unspecified atom stereocenters. The molecular weight excluding hydrogens is 380 g/mol. The molecule has 1 amide bonds. The van der Waals surface area contributed by atoms with Gasteiger partial charge in [-0.05, 0) is 49.1 Å². The number of aromatic nitrogens is 3. The van der Waals surface area contributed by atoms with Gasteiger partial charge in [-0.15, -0.1) is 11.3 Å². The van der Waals surface area contributed by atoms with Crippen LogP contribution in [0.25, 0.3) is 11.5 Å². The predicted octanol–water partition coefficient (Wildman–Crippen LogP) is 4.43. The summed E-state index contributed by atoms with van der Waals surface area (Å²) < 4.78 is 4.12. The Morgan fingerprint density at radius 3 is 2.66 bits per heavy atom. The molecule has 146 valence electrons. The van der Waals surface area contributed by atoms with Gasteiger partial charge >= 0.3 is 0 Å². The Morgan fingerprint density at radius 2 is 1.93 bits per heavy atom. The van der Waals surface area contributed by atoms with Gasteiger partial charge < -0.3 is 9.47 Å². The van der Waals surface area contributed by atoms with Crippen LogP contribution in [0.15, 0.2) is 60.2 Å². The molecule has 0 fully saturated rings. The summed E-state index contributed by atoms with van der Waals surface area (Å²) >= 11 is 1.63. The van der Waals surface area contributed by atoms with Crippen LogP contribution in [0.1, 0.15) is 27.3 Å². The van der Waals surface area contributed by atoms with E-state index in [0.717, 1.165) is 27.6 Å². The molecule has 0 aliphatic carbocycles. The van der Waals surface area contributed by atoms with Gasteiger partial charge in [-0.3, -0.25) is 4.79 Å². The standard InChI is InChI=1S/C23H22N4OS/c1-16-7-8-21(17(2)12-16)27-23(25-9-3-4-10-25)19-14-26(15-20(19)24-27)22(28)13-18-6-5-11-29-18/h3-12H,13-15H2,1-2H3. The van der Waals surface area contributed by atoms with E-state index in [1.807, 2.05) is 51.6 Å². The van der Waals surface area contributed by atoms with Crippen molar-refractivity contribution in [1.82, 2.24) is 19.2 Å². The molecule has 5 nitrogen and oxygen atoms in total. The molecule has 3 aromatic heterocycles. The van der Waals surface area contributed by atoms with E-state index >= 15 is 0 Å². The third-order valence-corrected chi connectivity index (χ3v) is 6.29. The van der Waals surface area contributed by atoms with Crippen LogP contribution in [0.4, 0.5) is 0 Å². The quantitative estimate of drug-likeness (QED) is 0.507. The Hall–Kier alpha value is -3.12. The molecule has 0 bridgehead atoms. The number of rotatable bonds is 4. The number of thiophene rings is 1. The lowest BCUT2D eigenvalue weighted by Gasteiger charge is -2.18. The highest BCUT2D eigenvalue weighted by Gasteiger charge is 2.31. The summed E-state index contributed by atoms with van der Waals surface area (Å²) in [6, 6.07) is 14.5. The van der Waals surface area contributed by atoms with Gasteiger partial charge in [-0.2, -0.15) is 5.10 Å². The lowest BCUT2D eigenvalue weighted by molar-refractivity contribution is -0.131. The van der Waals surface area contributed by atoms with Crippen molar-refractivity contribution in [3.05, 3.63) is 87.5 Å². The molecule has 5 rings (SSSR count). The maximum Gasteiger partial charge on any atom is 0.228 e. The largest absolute Gasteiger partial charge is 0.332 e. The van der Waals surface area contributed by atoms with Crippen LogP contribution in [-0.2, 0) is 24.3 Å². The third-order valence-electron chi connectivity index (χ3n) is 5.42. The lowest BCUT2D eigenvalue weighted by atomic mass is 10.1. The molecule has 0 N–H and O–H groups in total. The molecule has 6 heteroatoms. The average Bonchev–Trinajstić information content (AvgIpc) is 3.46. The van der Waals surface area contributed by atoms with Crippen molar-refractivity contribution < 1.29 is 4.79 Å². The minimum absolute atomic E-state index is 0.155. The monoisotopic (exact) mass is 402 g/mol. The summed E-state index contributed by atoms with van der Waals surface area (Å²) in [4.78, 5) is 15.8. The molecule has 0 saturated heterocycles. The smallest absolute Gasteiger partial charge is 0.228 e. The van der Waals surface area contributed by atoms with Crippen LogP contribution < -0.4 is 0 Å². The van der Waals surface area contributed by atoms with E-state index in [2.05, 4.69) is 36.6 Å². The number of amides is 1. The highest BCUT2D eigenvalue weighted by molar-refractivity contribution is 7.10. The van der Waals surface area contributed by atoms with Crippen LogP contribution in [0.3, 0.4) is 0 Å². The molecule has 0 spiro atoms. The molecule has 4 aromatic rings. The van der Waals surface area contributed by atoms with Crippen molar-refractivity contribution in [2.45, 2.75) is 33.4 Å². The number of nitrogens with zero attached hydrogens (tertiary/aromatic N) is 4. The number of benzene rings is 1. The van der Waals surface area contributed by atoms with Gasteiger partial charge in [0.1, 0.15) is 5.82 Å². The van der Waals surface area contributed by atoms with Crippen molar-refractivity contribution >= 4 is 17.2 Å². The number of carbonyl (C=O) groups excluding carboxylic acids is 1. The highest BCUT2D eigenvalue weighted by atomic mass is 32.1. The Labute approximate surface area is 173 Å². The molecular formula is C23H22N4OS. The van der Waals surface area contributed by atoms with Gasteiger partial charge in [0.25, 0.3) is 0 Å². The fourth-order valence-electron chi connectivity index (χ4n) is 4.00. The van der Waals surface area contributed by atoms with E-state index in [-0.39, 0.29) is 5.91 Å². The number of fused-ring (bicyclic) bond motifs is 1. The van der Waals surface area contributed by atoms with E-state index in [4.69, 9.17) is 5.10 Å². The molecule has 0 radical (unpaired) electrons. The Balaban J connectivity index is 1.52. The summed E-state index contributed by atoms with van der Waals surface area (Å²) in [5.74, 6) is 1.17. The van der Waals surface area contributed by atoms with Crippen LogP contribution in [0.5, 0.6) is 0 Å². The second kappa shape index (κ2) is 7.04. The molecule has 1 aliphatic heterocycles. The summed E-state index contributed by atoms with van der Waals surface area (Å²) in [7, 11) is 0. The average molecular weight is 403 g/mol. The van der Waals surface area contributed by atoms with E-state index in [0.29, 0.717) is 19.5 Å². The molecule has 29 heavy (non-hydrogen) atoms. The maximum atomic E-state index is 12.8. The summed E-state index contributed by atoms with van der Waals surface area (Å²) in [5.41, 5.74) is 5.60. The Morgan fingerprint density at radius 1 is 1.10 bits per heavy atom. The lowest BCUT2D eigenvalue weighted by Crippen LogP contribution is -2.27. The van der Waals surface area contributed by atoms with Crippen LogP contribution >= 0.6 is 11.3 Å². The zero-order valence-corrected chi connectivity index (χ0v) is 17.3. The van der Waals surface area contributed by atoms with Gasteiger partial charge in [-0.1, -0.05) is 23.8 Å². The predicted molar refractivity (Wildman–Crippen MR) is 115 cm³/mol. The maximum absolute atomic E-state index is 12.8. The minimum atomic E-state index is 0.155. The van der Waals surface area contributed by atoms with Crippen molar-refractivity contribution in [2.75, 3.05) is 0 Å². The number of hydrogen-bond acceptors (Lipinski definition) is 3. The van der Waals surface area contributed by atoms with E-state index < -0.39 is 0 Å². The Kier molecular flexibility index (Phi) is 4.36. The first-order chi connectivity index (χ1) is 14.1. The van der Waals surface area contributed by atoms with Crippen molar-refractivity contribution in [3.8, 4) is 11.5 Å². The molecule has 0 atom stereocenters. The van der Waals surface area contributed by atoms with Gasteiger partial charge in [0.2, 0.25) is 5.91 Å². The van der Waals surface area contributed by atoms with Crippen LogP contribution in [0.2, 0.25) is 0 Å². The van der Waals surface area contributed by atoms with Gasteiger partial charge in [0.05, 0.1) is 30.9 Å². The van der Waals surface area contributed by atoms with Crippen LogP contribution in [0, 0.1) is 13.8 Å². The third kappa shape index (κ3) is 3.19. The van der Waals surface area contributed by atoms with E-state index in [1.54, 1.807) is 11.3 Å². The van der Waals surface area contributed by atoms with Crippen molar-refractivity contribution in [1.29, 1.82) is 0 Å². The molecule has 1 aliphatic rings. The van der Waals surface area contributed by atoms with Crippen molar-refractivity contribution in [3.63, 3.8) is 0 Å². The second-order valence-corrected chi connectivity index (χ2v) is 8.58. The summed E-state index contributed by atoms with van der Waals surface area (Å²) in [6.45, 7) is 5.37. The van der Waals surface area contributed by atoms with Gasteiger partial charge in [0, 0.05) is 22.8 Å². The van der Waals surface area contributed by atoms with Gasteiger partial charge in [-0.25, -0.2) is 4.68 Å². The highest BCUT2D eigenvalue weighted by Crippen LogP contribution is 2.32. The van der Waals surface area contributed by atoms with E-state index in [1.165, 1.54) is 11.1 Å². The first-order valence-corrected chi connectivity index (χ1v) is 10.6. The van der Waals surface area contributed by atoms with Gasteiger partial charge in [0.15, 0.2) is 0 Å². The molecule has 4 heterocycles. The minimum Gasteiger partial charge on any atom is -0.332 e. The number of hydrogen-bond donors (Lipinski definition) is 0. The first-order valence-electron chi connectivity index (χ1n) is 9.72. The first kappa shape index (κ1) is 17.9. The normalized spacial score (nSPS) is 13.1. The fourth-order valence-corrected chi connectivity index (χ4v) is 4.70. The zero-order valence-electron chi connectivity index (χ0n) is 16.5. The molecule has 1 aromatic carbocycles. The zero-order chi connectivity index (χ0) is 20.0. The number of aryl methyl sites for hydroxylation is 2. The van der Waals surface area contributed by atoms with Crippen LogP contribution in [-0.4, -0.2) is 25.2 Å². The molecule has 0 saturated carbocycles. The SMILES string of the molecule is Cc1ccc(-n2nc3c(c2-n2cccc2)CN(C(=O)Cc2cccs2)C3)c(C)c1. The fraction of sp³-hybridized carbons (Fsp3) is 0.217. The van der Waals surface area contributed by atoms with Crippen molar-refractivity contribution in [2.24, 2.45) is 0 Å². The number of carbonyl (C=O) groups is 1. The summed E-state index contributed by atoms with van der Waals surface area (Å²) in [5, 5.41) is 6.96. The second-order valence-electron chi connectivity index (χ2n) is 7.55. The topological polar surface area (TPSA) is 43.1 Å². The Bertz CT molecular complexity index is 1170.